The number of nitrogens with zero attached hydrogens (tertiary/aromatic N) is 1. The monoisotopic (exact) mass is 249 g/mol. The quantitative estimate of drug-likeness (QED) is 0.442. The third kappa shape index (κ3) is 3.35. The molecule has 0 aromatic rings. The third-order valence-electron chi connectivity index (χ3n) is 3.81. The van der Waals surface area contributed by atoms with Crippen LogP contribution < -0.4 is 12.4 Å². The highest BCUT2D eigenvalue weighted by molar-refractivity contribution is 4.78. The van der Waals surface area contributed by atoms with Crippen LogP contribution in [0.2, 0.25) is 0 Å². The molecule has 0 aliphatic carbocycles. The number of ether oxygens (including phenoxy) is 1. The van der Waals surface area contributed by atoms with E-state index in [0.29, 0.717) is 0 Å². The summed E-state index contributed by atoms with van der Waals surface area (Å²) in [7, 11) is 0. The van der Waals surface area contributed by atoms with E-state index in [4.69, 9.17) is 4.74 Å². The molecule has 0 saturated carbocycles. The van der Waals surface area contributed by atoms with Gasteiger partial charge in [-0.1, -0.05) is 27.2 Å². The van der Waals surface area contributed by atoms with E-state index >= 15 is 0 Å². The Morgan fingerprint density at radius 1 is 1.00 bits per heavy atom. The highest BCUT2D eigenvalue weighted by Gasteiger charge is 2.57. The van der Waals surface area contributed by atoms with Crippen LogP contribution in [0.15, 0.2) is 0 Å². The summed E-state index contributed by atoms with van der Waals surface area (Å²) >= 11 is 0. The van der Waals surface area contributed by atoms with Crippen molar-refractivity contribution in [1.82, 2.24) is 0 Å². The molecule has 0 N–H and O–H groups in total. The SMILES string of the molecule is CCCC[N+](CCC)(CCC)C1(C)CO1.[Cl-]. The number of rotatable bonds is 8. The van der Waals surface area contributed by atoms with Crippen molar-refractivity contribution in [3.8, 4) is 0 Å². The number of quaternary nitrogens is 1. The van der Waals surface area contributed by atoms with Gasteiger partial charge in [-0.2, -0.15) is 0 Å². The Hall–Kier alpha value is 0.210. The summed E-state index contributed by atoms with van der Waals surface area (Å²) in [5, 5.41) is 0. The van der Waals surface area contributed by atoms with Gasteiger partial charge in [0.25, 0.3) is 0 Å². The van der Waals surface area contributed by atoms with Gasteiger partial charge in [0, 0.05) is 6.92 Å². The van der Waals surface area contributed by atoms with Gasteiger partial charge in [-0.3, -0.25) is 4.48 Å². The van der Waals surface area contributed by atoms with Crippen molar-refractivity contribution >= 4 is 0 Å². The maximum absolute atomic E-state index is 5.74. The first-order valence-corrected chi connectivity index (χ1v) is 6.64. The Morgan fingerprint density at radius 2 is 1.50 bits per heavy atom. The normalized spacial score (nSPS) is 24.0. The molecule has 3 heteroatoms. The third-order valence-corrected chi connectivity index (χ3v) is 3.81. The van der Waals surface area contributed by atoms with E-state index in [1.54, 1.807) is 0 Å². The largest absolute Gasteiger partial charge is 1.00 e. The molecule has 1 aliphatic rings. The first kappa shape index (κ1) is 16.2. The van der Waals surface area contributed by atoms with E-state index in [1.165, 1.54) is 49.8 Å². The zero-order chi connectivity index (χ0) is 11.4. The van der Waals surface area contributed by atoms with Gasteiger partial charge in [0.05, 0.1) is 19.6 Å². The smallest absolute Gasteiger partial charge is 0.224 e. The lowest BCUT2D eigenvalue weighted by molar-refractivity contribution is -0.970. The lowest BCUT2D eigenvalue weighted by Crippen LogP contribution is -3.00. The molecule has 0 radical (unpaired) electrons. The Kier molecular flexibility index (Phi) is 6.92. The minimum atomic E-state index is 0. The van der Waals surface area contributed by atoms with Crippen molar-refractivity contribution in [3.05, 3.63) is 0 Å². The molecule has 0 spiro atoms. The van der Waals surface area contributed by atoms with Gasteiger partial charge in [-0.05, 0) is 19.3 Å². The minimum Gasteiger partial charge on any atom is -1.00 e. The van der Waals surface area contributed by atoms with Crippen LogP contribution in [-0.2, 0) is 4.74 Å². The molecule has 98 valence electrons. The molecule has 2 nitrogen and oxygen atoms in total. The summed E-state index contributed by atoms with van der Waals surface area (Å²) < 4.78 is 6.94. The number of halogens is 1. The lowest BCUT2D eigenvalue weighted by atomic mass is 10.1. The molecule has 0 aromatic heterocycles. The zero-order valence-corrected chi connectivity index (χ0v) is 12.1. The molecular formula is C13H28ClNO. The van der Waals surface area contributed by atoms with E-state index in [9.17, 15) is 0 Å². The van der Waals surface area contributed by atoms with Gasteiger partial charge < -0.3 is 17.1 Å². The number of hydrogen-bond donors (Lipinski definition) is 0. The van der Waals surface area contributed by atoms with Crippen molar-refractivity contribution in [2.75, 3.05) is 26.2 Å². The number of epoxide rings is 1. The second kappa shape index (κ2) is 6.83. The molecule has 16 heavy (non-hydrogen) atoms. The first-order chi connectivity index (χ1) is 7.14. The van der Waals surface area contributed by atoms with Crippen molar-refractivity contribution < 1.29 is 21.6 Å². The van der Waals surface area contributed by atoms with Crippen LogP contribution in [0.1, 0.15) is 53.4 Å². The topological polar surface area (TPSA) is 12.5 Å². The molecule has 0 amide bonds. The summed E-state index contributed by atoms with van der Waals surface area (Å²) in [6, 6.07) is 0. The standard InChI is InChI=1S/C13H28NO.ClH/c1-5-8-11-14(9-6-2,10-7-3)13(4)12-15-13;/h5-12H2,1-4H3;1H/q+1;/p-1. The molecule has 1 atom stereocenters. The van der Waals surface area contributed by atoms with Crippen LogP contribution in [0.5, 0.6) is 0 Å². The fraction of sp³-hybridized carbons (Fsp3) is 1.00. The molecule has 1 unspecified atom stereocenters. The van der Waals surface area contributed by atoms with E-state index in [0.717, 1.165) is 6.61 Å². The predicted octanol–water partition coefficient (Wildman–Crippen LogP) is 0.174. The maximum Gasteiger partial charge on any atom is 0.224 e. The van der Waals surface area contributed by atoms with Crippen LogP contribution in [0, 0.1) is 0 Å². The summed E-state index contributed by atoms with van der Waals surface area (Å²) in [5.74, 6) is 0. The Balaban J connectivity index is 0.00000225. The second-order valence-electron chi connectivity index (χ2n) is 5.13. The average Bonchev–Trinajstić information content (AvgIpc) is 2.95. The van der Waals surface area contributed by atoms with E-state index in [1.807, 2.05) is 0 Å². The molecule has 1 aliphatic heterocycles. The van der Waals surface area contributed by atoms with Crippen molar-refractivity contribution in [1.29, 1.82) is 0 Å². The Morgan fingerprint density at radius 3 is 1.81 bits per heavy atom. The molecular weight excluding hydrogens is 222 g/mol. The van der Waals surface area contributed by atoms with Crippen molar-refractivity contribution in [2.24, 2.45) is 0 Å². The summed E-state index contributed by atoms with van der Waals surface area (Å²) in [6.07, 6.45) is 5.16. The molecule has 1 heterocycles. The average molecular weight is 250 g/mol. The number of unbranched alkanes of at least 4 members (excludes halogenated alkanes) is 1. The van der Waals surface area contributed by atoms with Crippen LogP contribution >= 0.6 is 0 Å². The van der Waals surface area contributed by atoms with Gasteiger partial charge in [-0.25, -0.2) is 0 Å². The van der Waals surface area contributed by atoms with Crippen LogP contribution in [-0.4, -0.2) is 36.4 Å². The van der Waals surface area contributed by atoms with Gasteiger partial charge in [0.1, 0.15) is 6.61 Å². The van der Waals surface area contributed by atoms with E-state index < -0.39 is 0 Å². The molecule has 1 rings (SSSR count). The second-order valence-corrected chi connectivity index (χ2v) is 5.13. The molecule has 1 fully saturated rings. The molecule has 1 saturated heterocycles. The molecule has 0 aromatic carbocycles. The molecule has 0 bridgehead atoms. The fourth-order valence-corrected chi connectivity index (χ4v) is 2.74. The van der Waals surface area contributed by atoms with Crippen LogP contribution in [0.4, 0.5) is 0 Å². The van der Waals surface area contributed by atoms with Crippen molar-refractivity contribution in [2.45, 2.75) is 59.1 Å². The first-order valence-electron chi connectivity index (χ1n) is 6.64. The van der Waals surface area contributed by atoms with Gasteiger partial charge in [0.2, 0.25) is 5.72 Å². The van der Waals surface area contributed by atoms with Gasteiger partial charge in [0.15, 0.2) is 0 Å². The van der Waals surface area contributed by atoms with Gasteiger partial charge >= 0.3 is 0 Å². The fourth-order valence-electron chi connectivity index (χ4n) is 2.74. The summed E-state index contributed by atoms with van der Waals surface area (Å²) in [5.41, 5.74) is 0.154. The van der Waals surface area contributed by atoms with Gasteiger partial charge in [-0.15, -0.1) is 0 Å². The van der Waals surface area contributed by atoms with Crippen LogP contribution in [0.25, 0.3) is 0 Å². The summed E-state index contributed by atoms with van der Waals surface area (Å²) in [6.45, 7) is 14.0. The van der Waals surface area contributed by atoms with E-state index in [2.05, 4.69) is 27.7 Å². The van der Waals surface area contributed by atoms with Crippen molar-refractivity contribution in [3.63, 3.8) is 0 Å². The minimum absolute atomic E-state index is 0. The van der Waals surface area contributed by atoms with Crippen LogP contribution in [0.3, 0.4) is 0 Å². The highest BCUT2D eigenvalue weighted by atomic mass is 35.5. The zero-order valence-electron chi connectivity index (χ0n) is 11.4. The Bertz CT molecular complexity index is 186. The number of hydrogen-bond acceptors (Lipinski definition) is 1. The highest BCUT2D eigenvalue weighted by Crippen LogP contribution is 2.39. The lowest BCUT2D eigenvalue weighted by Gasteiger charge is -2.42. The predicted molar refractivity (Wildman–Crippen MR) is 64.7 cm³/mol. The Labute approximate surface area is 107 Å². The van der Waals surface area contributed by atoms with E-state index in [-0.39, 0.29) is 18.1 Å². The maximum atomic E-state index is 5.74. The summed E-state index contributed by atoms with van der Waals surface area (Å²) in [4.78, 5) is 0.